The molecule has 3 heteroatoms. The van der Waals surface area contributed by atoms with Crippen LogP contribution in [0.2, 0.25) is 0 Å². The smallest absolute Gasteiger partial charge is 0.167 e. The molecule has 0 fully saturated rings. The van der Waals surface area contributed by atoms with E-state index in [0.717, 1.165) is 59.5 Å². The Labute approximate surface area is 236 Å². The zero-order valence-electron chi connectivity index (χ0n) is 26.7. The molecule has 0 N–H and O–H groups in total. The molecule has 2 atom stereocenters. The molecule has 38 heavy (non-hydrogen) atoms. The van der Waals surface area contributed by atoms with Crippen LogP contribution < -0.4 is 9.47 Å². The Morgan fingerprint density at radius 1 is 0.684 bits per heavy atom. The molecule has 0 spiro atoms. The molecule has 0 aliphatic carbocycles. The molecule has 2 unspecified atom stereocenters. The number of carbonyl (C=O) groups excluding carboxylic acids is 1. The summed E-state index contributed by atoms with van der Waals surface area (Å²) in [4.78, 5) is 13.1. The maximum atomic E-state index is 13.1. The standard InChI is InChI=1S/C35H60O3/c1-25(2)17-14-19-27(4)21-16-23-28(5)22-15-20-26(3)18-12-11-13-24-32(36)33-31(8)34(37-9)29(6)30(7)35(33)38-10/h18,25,27-28H,11-17,19-24H2,1-10H3/b26-18+. The third-order valence-corrected chi connectivity index (χ3v) is 8.36. The first-order valence-corrected chi connectivity index (χ1v) is 15.4. The average Bonchev–Trinajstić information content (AvgIpc) is 2.85. The van der Waals surface area contributed by atoms with E-state index in [1.54, 1.807) is 14.2 Å². The Morgan fingerprint density at radius 2 is 1.21 bits per heavy atom. The molecule has 0 amide bonds. The Bertz CT molecular complexity index is 865. The van der Waals surface area contributed by atoms with Crippen molar-refractivity contribution in [3.8, 4) is 11.5 Å². The second kappa shape index (κ2) is 18.5. The fourth-order valence-corrected chi connectivity index (χ4v) is 5.70. The number of methoxy groups -OCH3 is 2. The number of rotatable bonds is 20. The van der Waals surface area contributed by atoms with Gasteiger partial charge in [-0.05, 0) is 88.7 Å². The lowest BCUT2D eigenvalue weighted by Crippen LogP contribution is -2.09. The van der Waals surface area contributed by atoms with Gasteiger partial charge in [-0.3, -0.25) is 4.79 Å². The number of carbonyl (C=O) groups is 1. The van der Waals surface area contributed by atoms with Crippen molar-refractivity contribution >= 4 is 5.78 Å². The minimum absolute atomic E-state index is 0.153. The summed E-state index contributed by atoms with van der Waals surface area (Å²) >= 11 is 0. The van der Waals surface area contributed by atoms with Gasteiger partial charge < -0.3 is 9.47 Å². The fourth-order valence-electron chi connectivity index (χ4n) is 5.70. The van der Waals surface area contributed by atoms with Gasteiger partial charge >= 0.3 is 0 Å². The van der Waals surface area contributed by atoms with Gasteiger partial charge in [0.2, 0.25) is 0 Å². The van der Waals surface area contributed by atoms with E-state index < -0.39 is 0 Å². The van der Waals surface area contributed by atoms with Crippen LogP contribution in [0.3, 0.4) is 0 Å². The molecule has 1 aromatic rings. The number of hydrogen-bond acceptors (Lipinski definition) is 3. The van der Waals surface area contributed by atoms with E-state index in [-0.39, 0.29) is 5.78 Å². The maximum Gasteiger partial charge on any atom is 0.167 e. The Kier molecular flexibility index (Phi) is 16.7. The summed E-state index contributed by atoms with van der Waals surface area (Å²) in [6.45, 7) is 17.8. The molecule has 0 radical (unpaired) electrons. The molecule has 0 bridgehead atoms. The quantitative estimate of drug-likeness (QED) is 0.0959. The molecule has 0 saturated heterocycles. The minimum atomic E-state index is 0.153. The van der Waals surface area contributed by atoms with Crippen molar-refractivity contribution in [3.05, 3.63) is 33.9 Å². The molecule has 0 heterocycles. The van der Waals surface area contributed by atoms with Gasteiger partial charge in [0, 0.05) is 12.0 Å². The summed E-state index contributed by atoms with van der Waals surface area (Å²) in [6, 6.07) is 0. The average molecular weight is 529 g/mol. The largest absolute Gasteiger partial charge is 0.496 e. The van der Waals surface area contributed by atoms with Gasteiger partial charge in [0.1, 0.15) is 11.5 Å². The van der Waals surface area contributed by atoms with Crippen LogP contribution >= 0.6 is 0 Å². The van der Waals surface area contributed by atoms with Gasteiger partial charge in [0.05, 0.1) is 19.8 Å². The predicted molar refractivity (Wildman–Crippen MR) is 165 cm³/mol. The van der Waals surface area contributed by atoms with E-state index in [4.69, 9.17) is 9.47 Å². The molecule has 1 aromatic carbocycles. The molecule has 0 aliphatic heterocycles. The third-order valence-electron chi connectivity index (χ3n) is 8.36. The Morgan fingerprint density at radius 3 is 1.76 bits per heavy atom. The van der Waals surface area contributed by atoms with E-state index in [1.165, 1.54) is 63.4 Å². The van der Waals surface area contributed by atoms with Gasteiger partial charge in [0.15, 0.2) is 5.78 Å². The van der Waals surface area contributed by atoms with Crippen molar-refractivity contribution in [1.29, 1.82) is 0 Å². The summed E-state index contributed by atoms with van der Waals surface area (Å²) in [5, 5.41) is 0. The highest BCUT2D eigenvalue weighted by atomic mass is 16.5. The highest BCUT2D eigenvalue weighted by molar-refractivity contribution is 6.01. The van der Waals surface area contributed by atoms with Crippen LogP contribution in [0.4, 0.5) is 0 Å². The van der Waals surface area contributed by atoms with Crippen molar-refractivity contribution in [2.75, 3.05) is 14.2 Å². The van der Waals surface area contributed by atoms with Crippen LogP contribution in [0.15, 0.2) is 11.6 Å². The lowest BCUT2D eigenvalue weighted by molar-refractivity contribution is 0.0975. The second-order valence-electron chi connectivity index (χ2n) is 12.4. The van der Waals surface area contributed by atoms with Crippen LogP contribution in [0.1, 0.15) is 145 Å². The van der Waals surface area contributed by atoms with E-state index >= 15 is 0 Å². The van der Waals surface area contributed by atoms with Crippen LogP contribution in [0, 0.1) is 38.5 Å². The monoisotopic (exact) mass is 528 g/mol. The summed E-state index contributed by atoms with van der Waals surface area (Å²) < 4.78 is 11.2. The fraction of sp³-hybridized carbons (Fsp3) is 0.743. The molecular weight excluding hydrogens is 468 g/mol. The summed E-state index contributed by atoms with van der Waals surface area (Å²) in [5.41, 5.74) is 5.10. The van der Waals surface area contributed by atoms with E-state index in [9.17, 15) is 4.79 Å². The first kappa shape index (κ1) is 34.3. The lowest BCUT2D eigenvalue weighted by Gasteiger charge is -2.19. The van der Waals surface area contributed by atoms with Crippen LogP contribution in [-0.2, 0) is 0 Å². The number of Topliss-reactive ketones (excluding diaryl/α,β-unsaturated/α-hetero) is 1. The number of ether oxygens (including phenoxy) is 2. The SMILES string of the molecule is COc1c(C)c(C)c(OC)c(C(=O)CCCC/C=C(\C)CCCC(C)CCCC(C)CCCC(C)C)c1C. The zero-order valence-corrected chi connectivity index (χ0v) is 26.7. The summed E-state index contributed by atoms with van der Waals surface area (Å²) in [6.07, 6.45) is 18.1. The maximum absolute atomic E-state index is 13.1. The van der Waals surface area contributed by atoms with Crippen LogP contribution in [0.5, 0.6) is 11.5 Å². The number of unbranched alkanes of at least 4 members (excludes halogenated alkanes) is 2. The van der Waals surface area contributed by atoms with Gasteiger partial charge in [-0.25, -0.2) is 0 Å². The number of ketones is 1. The third kappa shape index (κ3) is 12.0. The first-order valence-electron chi connectivity index (χ1n) is 15.4. The predicted octanol–water partition coefficient (Wildman–Crippen LogP) is 10.8. The van der Waals surface area contributed by atoms with Gasteiger partial charge in [-0.1, -0.05) is 84.3 Å². The number of benzene rings is 1. The van der Waals surface area contributed by atoms with Crippen molar-refractivity contribution in [1.82, 2.24) is 0 Å². The van der Waals surface area contributed by atoms with E-state index in [2.05, 4.69) is 40.7 Å². The highest BCUT2D eigenvalue weighted by Gasteiger charge is 2.23. The van der Waals surface area contributed by atoms with Gasteiger partial charge in [-0.2, -0.15) is 0 Å². The van der Waals surface area contributed by atoms with Crippen molar-refractivity contribution in [2.24, 2.45) is 17.8 Å². The van der Waals surface area contributed by atoms with Crippen molar-refractivity contribution in [3.63, 3.8) is 0 Å². The zero-order chi connectivity index (χ0) is 28.7. The summed E-state index contributed by atoms with van der Waals surface area (Å²) in [7, 11) is 3.32. The van der Waals surface area contributed by atoms with E-state index in [1.807, 2.05) is 20.8 Å². The first-order chi connectivity index (χ1) is 18.0. The van der Waals surface area contributed by atoms with Crippen molar-refractivity contribution < 1.29 is 14.3 Å². The molecule has 0 aliphatic rings. The highest BCUT2D eigenvalue weighted by Crippen LogP contribution is 2.38. The topological polar surface area (TPSA) is 35.5 Å². The van der Waals surface area contributed by atoms with Gasteiger partial charge in [-0.15, -0.1) is 0 Å². The van der Waals surface area contributed by atoms with Crippen LogP contribution in [-0.4, -0.2) is 20.0 Å². The molecule has 218 valence electrons. The minimum Gasteiger partial charge on any atom is -0.496 e. The molecule has 0 aromatic heterocycles. The molecule has 0 saturated carbocycles. The number of allylic oxidation sites excluding steroid dienone is 2. The lowest BCUT2D eigenvalue weighted by atomic mass is 9.91. The molecule has 1 rings (SSSR count). The Hall–Kier alpha value is -1.77. The number of hydrogen-bond donors (Lipinski definition) is 0. The summed E-state index contributed by atoms with van der Waals surface area (Å²) in [5.74, 6) is 4.22. The Balaban J connectivity index is 2.32. The van der Waals surface area contributed by atoms with E-state index in [0.29, 0.717) is 17.7 Å². The molecular formula is C35H60O3. The second-order valence-corrected chi connectivity index (χ2v) is 12.4. The normalized spacial score (nSPS) is 13.6. The van der Waals surface area contributed by atoms with Gasteiger partial charge in [0.25, 0.3) is 0 Å². The molecule has 3 nitrogen and oxygen atoms in total. The van der Waals surface area contributed by atoms with Crippen molar-refractivity contribution in [2.45, 2.75) is 139 Å². The van der Waals surface area contributed by atoms with Crippen LogP contribution in [0.25, 0.3) is 0 Å².